The third kappa shape index (κ3) is 4.73. The summed E-state index contributed by atoms with van der Waals surface area (Å²) >= 11 is 5.77. The van der Waals surface area contributed by atoms with Crippen LogP contribution in [-0.2, 0) is 17.5 Å². The molecule has 0 bridgehead atoms. The number of hydrogen-bond donors (Lipinski definition) is 0. The smallest absolute Gasteiger partial charge is 0.355 e. The summed E-state index contributed by atoms with van der Waals surface area (Å²) in [5.74, 6) is -0.608. The molecular weight excluding hydrogens is 393 g/mol. The number of pyridine rings is 2. The van der Waals surface area contributed by atoms with Crippen LogP contribution in [0.25, 0.3) is 0 Å². The Labute approximate surface area is 166 Å². The number of amides is 1. The van der Waals surface area contributed by atoms with Crippen molar-refractivity contribution in [3.8, 4) is 0 Å². The van der Waals surface area contributed by atoms with Gasteiger partial charge in [-0.05, 0) is 36.6 Å². The van der Waals surface area contributed by atoms with Crippen molar-refractivity contribution in [1.82, 2.24) is 14.9 Å². The van der Waals surface area contributed by atoms with Crippen molar-refractivity contribution in [3.05, 3.63) is 52.9 Å². The monoisotopic (exact) mass is 412 g/mol. The van der Waals surface area contributed by atoms with Crippen molar-refractivity contribution in [2.75, 3.05) is 25.0 Å². The molecular formula is C19H20ClF3N4O. The van der Waals surface area contributed by atoms with E-state index in [0.29, 0.717) is 31.1 Å². The highest BCUT2D eigenvalue weighted by Crippen LogP contribution is 2.36. The average Bonchev–Trinajstić information content (AvgIpc) is 2.68. The van der Waals surface area contributed by atoms with Gasteiger partial charge in [-0.15, -0.1) is 0 Å². The molecule has 1 saturated heterocycles. The topological polar surface area (TPSA) is 49.3 Å². The van der Waals surface area contributed by atoms with E-state index in [4.69, 9.17) is 11.6 Å². The molecule has 5 nitrogen and oxygen atoms in total. The normalized spacial score (nSPS) is 17.5. The van der Waals surface area contributed by atoms with Gasteiger partial charge >= 0.3 is 6.18 Å². The number of carbonyl (C=O) groups excluding carboxylic acids is 1. The third-order valence-corrected chi connectivity index (χ3v) is 4.97. The van der Waals surface area contributed by atoms with Gasteiger partial charge in [0.05, 0.1) is 11.5 Å². The van der Waals surface area contributed by atoms with Crippen LogP contribution in [0, 0.1) is 5.92 Å². The van der Waals surface area contributed by atoms with E-state index < -0.39 is 11.7 Å². The van der Waals surface area contributed by atoms with Crippen LogP contribution in [0.3, 0.4) is 0 Å². The van der Waals surface area contributed by atoms with Crippen molar-refractivity contribution >= 4 is 23.3 Å². The van der Waals surface area contributed by atoms with Crippen LogP contribution < -0.4 is 4.90 Å². The van der Waals surface area contributed by atoms with Crippen LogP contribution in [0.4, 0.5) is 19.0 Å². The Morgan fingerprint density at radius 2 is 2.11 bits per heavy atom. The highest BCUT2D eigenvalue weighted by Gasteiger charge is 2.37. The predicted octanol–water partition coefficient (Wildman–Crippen LogP) is 4.02. The number of piperidine rings is 1. The Balaban J connectivity index is 1.71. The van der Waals surface area contributed by atoms with Crippen LogP contribution in [0.1, 0.15) is 24.0 Å². The number of carbonyl (C=O) groups is 1. The van der Waals surface area contributed by atoms with Gasteiger partial charge in [0.2, 0.25) is 5.91 Å². The molecule has 1 aliphatic rings. The Hall–Kier alpha value is -2.35. The number of aromatic nitrogens is 2. The minimum Gasteiger partial charge on any atom is -0.355 e. The van der Waals surface area contributed by atoms with Gasteiger partial charge in [0.15, 0.2) is 0 Å². The maximum atomic E-state index is 13.3. The Morgan fingerprint density at radius 1 is 1.32 bits per heavy atom. The van der Waals surface area contributed by atoms with E-state index in [1.54, 1.807) is 35.2 Å². The highest BCUT2D eigenvalue weighted by molar-refractivity contribution is 6.29. The Kier molecular flexibility index (Phi) is 6.07. The zero-order chi connectivity index (χ0) is 20.3. The number of alkyl halides is 3. The van der Waals surface area contributed by atoms with E-state index in [1.165, 1.54) is 12.3 Å². The van der Waals surface area contributed by atoms with Crippen LogP contribution in [-0.4, -0.2) is 40.9 Å². The second kappa shape index (κ2) is 8.34. The summed E-state index contributed by atoms with van der Waals surface area (Å²) in [4.78, 5) is 23.9. The second-order valence-electron chi connectivity index (χ2n) is 6.84. The largest absolute Gasteiger partial charge is 0.419 e. The van der Waals surface area contributed by atoms with E-state index in [2.05, 4.69) is 9.97 Å². The molecule has 0 radical (unpaired) electrons. The maximum absolute atomic E-state index is 13.3. The van der Waals surface area contributed by atoms with E-state index in [9.17, 15) is 18.0 Å². The minimum atomic E-state index is -4.49. The summed E-state index contributed by atoms with van der Waals surface area (Å²) in [5.41, 5.74) is 0.0562. The van der Waals surface area contributed by atoms with Gasteiger partial charge in [0.1, 0.15) is 11.0 Å². The van der Waals surface area contributed by atoms with E-state index >= 15 is 0 Å². The maximum Gasteiger partial charge on any atom is 0.419 e. The van der Waals surface area contributed by atoms with Crippen molar-refractivity contribution in [3.63, 3.8) is 0 Å². The lowest BCUT2D eigenvalue weighted by Crippen LogP contribution is -2.44. The summed E-state index contributed by atoms with van der Waals surface area (Å²) in [6.07, 6.45) is -0.287. The lowest BCUT2D eigenvalue weighted by molar-refractivity contribution is -0.137. The molecule has 2 aromatic heterocycles. The average molecular weight is 413 g/mol. The number of anilines is 1. The highest BCUT2D eigenvalue weighted by atomic mass is 35.5. The zero-order valence-corrected chi connectivity index (χ0v) is 16.0. The first-order chi connectivity index (χ1) is 13.3. The fraction of sp³-hybridized carbons (Fsp3) is 0.421. The van der Waals surface area contributed by atoms with E-state index in [0.717, 1.165) is 11.6 Å². The second-order valence-corrected chi connectivity index (χ2v) is 7.23. The van der Waals surface area contributed by atoms with Crippen molar-refractivity contribution in [2.24, 2.45) is 5.92 Å². The molecule has 9 heteroatoms. The number of hydrogen-bond acceptors (Lipinski definition) is 4. The summed E-state index contributed by atoms with van der Waals surface area (Å²) in [5, 5.41) is 0.372. The van der Waals surface area contributed by atoms with Gasteiger partial charge in [-0.25, -0.2) is 9.97 Å². The minimum absolute atomic E-state index is 0.107. The lowest BCUT2D eigenvalue weighted by atomic mass is 9.96. The first-order valence-corrected chi connectivity index (χ1v) is 9.26. The number of nitrogens with zero attached hydrogens (tertiary/aromatic N) is 4. The summed E-state index contributed by atoms with van der Waals surface area (Å²) in [6, 6.07) is 5.73. The summed E-state index contributed by atoms with van der Waals surface area (Å²) in [6.45, 7) is 1.01. The van der Waals surface area contributed by atoms with Gasteiger partial charge in [-0.3, -0.25) is 4.79 Å². The van der Waals surface area contributed by atoms with Crippen molar-refractivity contribution < 1.29 is 18.0 Å². The van der Waals surface area contributed by atoms with Crippen LogP contribution in [0.15, 0.2) is 36.7 Å². The van der Waals surface area contributed by atoms with E-state index in [1.807, 2.05) is 0 Å². The zero-order valence-electron chi connectivity index (χ0n) is 15.3. The van der Waals surface area contributed by atoms with E-state index in [-0.39, 0.29) is 24.2 Å². The molecule has 0 saturated carbocycles. The molecule has 3 heterocycles. The van der Waals surface area contributed by atoms with Gasteiger partial charge in [-0.2, -0.15) is 13.2 Å². The van der Waals surface area contributed by atoms with Gasteiger partial charge < -0.3 is 9.80 Å². The molecule has 28 heavy (non-hydrogen) atoms. The number of halogens is 4. The molecule has 0 spiro atoms. The molecule has 2 aromatic rings. The Morgan fingerprint density at radius 3 is 2.79 bits per heavy atom. The molecule has 1 atom stereocenters. The van der Waals surface area contributed by atoms with Crippen LogP contribution >= 0.6 is 11.6 Å². The number of rotatable bonds is 4. The Bertz CT molecular complexity index is 829. The lowest BCUT2D eigenvalue weighted by Gasteiger charge is -2.35. The van der Waals surface area contributed by atoms with Gasteiger partial charge in [0.25, 0.3) is 0 Å². The SMILES string of the molecule is CN(Cc1ccc(Cl)nc1)C(=O)C1CCCN(c2ncccc2C(F)(F)F)C1. The summed E-state index contributed by atoms with van der Waals surface area (Å²) in [7, 11) is 1.68. The summed E-state index contributed by atoms with van der Waals surface area (Å²) < 4.78 is 39.9. The molecule has 1 aliphatic heterocycles. The molecule has 150 valence electrons. The van der Waals surface area contributed by atoms with Crippen LogP contribution in [0.2, 0.25) is 5.15 Å². The van der Waals surface area contributed by atoms with Crippen LogP contribution in [0.5, 0.6) is 0 Å². The van der Waals surface area contributed by atoms with Crippen molar-refractivity contribution in [1.29, 1.82) is 0 Å². The predicted molar refractivity (Wildman–Crippen MR) is 99.9 cm³/mol. The molecule has 1 fully saturated rings. The van der Waals surface area contributed by atoms with Gasteiger partial charge in [0, 0.05) is 39.1 Å². The molecule has 1 amide bonds. The first kappa shape index (κ1) is 20.4. The molecule has 0 aromatic carbocycles. The molecule has 0 N–H and O–H groups in total. The standard InChI is InChI=1S/C19H20ClF3N4O/c1-26(11-13-6-7-16(20)25-10-13)18(28)14-4-3-9-27(12-14)17-15(19(21,22)23)5-2-8-24-17/h2,5-8,10,14H,3-4,9,11-12H2,1H3. The quantitative estimate of drug-likeness (QED) is 0.711. The van der Waals surface area contributed by atoms with Gasteiger partial charge in [-0.1, -0.05) is 17.7 Å². The van der Waals surface area contributed by atoms with Crippen molar-refractivity contribution in [2.45, 2.75) is 25.6 Å². The molecule has 3 rings (SSSR count). The fourth-order valence-electron chi connectivity index (χ4n) is 3.40. The molecule has 1 unspecified atom stereocenters. The fourth-order valence-corrected chi connectivity index (χ4v) is 3.52. The third-order valence-electron chi connectivity index (χ3n) is 4.75. The molecule has 0 aliphatic carbocycles. The first-order valence-electron chi connectivity index (χ1n) is 8.88.